The van der Waals surface area contributed by atoms with Crippen molar-refractivity contribution in [1.82, 2.24) is 10.6 Å². The molecule has 0 aromatic heterocycles. The van der Waals surface area contributed by atoms with Crippen LogP contribution in [0.1, 0.15) is 31.1 Å². The van der Waals surface area contributed by atoms with Crippen molar-refractivity contribution in [3.05, 3.63) is 29.8 Å². The minimum Gasteiger partial charge on any atom is -0.482 e. The van der Waals surface area contributed by atoms with E-state index in [1.807, 2.05) is 5.32 Å². The molecule has 130 valence electrons. The summed E-state index contributed by atoms with van der Waals surface area (Å²) in [7, 11) is 0. The van der Waals surface area contributed by atoms with E-state index in [1.165, 1.54) is 13.0 Å². The molecule has 1 rings (SSSR count). The number of rotatable bonds is 7. The van der Waals surface area contributed by atoms with Gasteiger partial charge in [-0.3, -0.25) is 14.9 Å². The first-order chi connectivity index (χ1) is 11.3. The normalized spacial score (nSPS) is 10.0. The highest BCUT2D eigenvalue weighted by Gasteiger charge is 2.12. The Hall–Kier alpha value is -2.90. The Morgan fingerprint density at radius 3 is 2.46 bits per heavy atom. The summed E-state index contributed by atoms with van der Waals surface area (Å²) in [6.45, 7) is 3.88. The summed E-state index contributed by atoms with van der Waals surface area (Å²) < 4.78 is 9.87. The van der Waals surface area contributed by atoms with Gasteiger partial charge >= 0.3 is 12.0 Å². The van der Waals surface area contributed by atoms with Gasteiger partial charge in [-0.25, -0.2) is 9.59 Å². The second-order valence-electron chi connectivity index (χ2n) is 5.21. The molecule has 0 atom stereocenters. The molecular formula is C16H20N2O6. The minimum atomic E-state index is -0.775. The third-order valence-electron chi connectivity index (χ3n) is 2.63. The molecule has 0 saturated heterocycles. The van der Waals surface area contributed by atoms with Crippen molar-refractivity contribution >= 4 is 23.7 Å². The molecule has 0 saturated carbocycles. The van der Waals surface area contributed by atoms with Gasteiger partial charge in [-0.05, 0) is 32.9 Å². The lowest BCUT2D eigenvalue weighted by atomic mass is 10.1. The predicted molar refractivity (Wildman–Crippen MR) is 84.7 cm³/mol. The molecule has 8 heteroatoms. The van der Waals surface area contributed by atoms with Crippen molar-refractivity contribution in [2.75, 3.05) is 13.2 Å². The zero-order chi connectivity index (χ0) is 18.1. The molecule has 2 N–H and O–H groups in total. The van der Waals surface area contributed by atoms with Crippen LogP contribution in [-0.4, -0.2) is 42.9 Å². The Morgan fingerprint density at radius 1 is 1.12 bits per heavy atom. The maximum atomic E-state index is 11.5. The van der Waals surface area contributed by atoms with Crippen molar-refractivity contribution < 1.29 is 28.7 Å². The number of imide groups is 1. The smallest absolute Gasteiger partial charge is 0.344 e. The van der Waals surface area contributed by atoms with Crippen LogP contribution in [-0.2, 0) is 14.3 Å². The highest BCUT2D eigenvalue weighted by molar-refractivity contribution is 5.95. The van der Waals surface area contributed by atoms with E-state index >= 15 is 0 Å². The number of benzene rings is 1. The van der Waals surface area contributed by atoms with Crippen LogP contribution in [0.2, 0.25) is 0 Å². The molecule has 0 heterocycles. The van der Waals surface area contributed by atoms with E-state index in [-0.39, 0.29) is 11.8 Å². The summed E-state index contributed by atoms with van der Waals surface area (Å²) in [4.78, 5) is 45.4. The highest BCUT2D eigenvalue weighted by Crippen LogP contribution is 2.13. The second-order valence-corrected chi connectivity index (χ2v) is 5.21. The lowest BCUT2D eigenvalue weighted by molar-refractivity contribution is -0.150. The van der Waals surface area contributed by atoms with Gasteiger partial charge in [-0.1, -0.05) is 12.1 Å². The van der Waals surface area contributed by atoms with E-state index < -0.39 is 31.1 Å². The minimum absolute atomic E-state index is 0.125. The SMILES string of the molecule is CC(=O)c1cccc(OCC(=O)OCC(=O)NC(=O)NC(C)C)c1. The maximum absolute atomic E-state index is 11.5. The van der Waals surface area contributed by atoms with E-state index in [9.17, 15) is 19.2 Å². The third kappa shape index (κ3) is 7.39. The molecular weight excluding hydrogens is 316 g/mol. The topological polar surface area (TPSA) is 111 Å². The Kier molecular flexibility index (Phi) is 7.41. The molecule has 0 aliphatic carbocycles. The van der Waals surface area contributed by atoms with Crippen LogP contribution in [0.4, 0.5) is 4.79 Å². The zero-order valence-corrected chi connectivity index (χ0v) is 13.8. The van der Waals surface area contributed by atoms with Crippen LogP contribution in [0.5, 0.6) is 5.75 Å². The fraction of sp³-hybridized carbons (Fsp3) is 0.375. The van der Waals surface area contributed by atoms with Crippen LogP contribution >= 0.6 is 0 Å². The van der Waals surface area contributed by atoms with E-state index in [2.05, 4.69) is 10.1 Å². The maximum Gasteiger partial charge on any atom is 0.344 e. The van der Waals surface area contributed by atoms with Gasteiger partial charge in [-0.2, -0.15) is 0 Å². The number of ketones is 1. The van der Waals surface area contributed by atoms with Crippen LogP contribution < -0.4 is 15.4 Å². The number of urea groups is 1. The van der Waals surface area contributed by atoms with Crippen molar-refractivity contribution in [3.63, 3.8) is 0 Å². The van der Waals surface area contributed by atoms with Crippen LogP contribution in [0.3, 0.4) is 0 Å². The number of carbonyl (C=O) groups is 4. The third-order valence-corrected chi connectivity index (χ3v) is 2.63. The zero-order valence-electron chi connectivity index (χ0n) is 13.8. The van der Waals surface area contributed by atoms with Gasteiger partial charge in [0.1, 0.15) is 5.75 Å². The van der Waals surface area contributed by atoms with Gasteiger partial charge in [-0.15, -0.1) is 0 Å². The number of hydrogen-bond acceptors (Lipinski definition) is 6. The molecule has 0 unspecified atom stereocenters. The van der Waals surface area contributed by atoms with Gasteiger partial charge in [0.2, 0.25) is 0 Å². The lowest BCUT2D eigenvalue weighted by Gasteiger charge is -2.10. The number of ether oxygens (including phenoxy) is 2. The number of amides is 3. The van der Waals surface area contributed by atoms with E-state index in [4.69, 9.17) is 4.74 Å². The Bertz CT molecular complexity index is 627. The molecule has 3 amide bonds. The fourth-order valence-corrected chi connectivity index (χ4v) is 1.60. The Morgan fingerprint density at radius 2 is 1.83 bits per heavy atom. The van der Waals surface area contributed by atoms with Crippen LogP contribution in [0, 0.1) is 0 Å². The number of carbonyl (C=O) groups excluding carboxylic acids is 4. The van der Waals surface area contributed by atoms with Crippen molar-refractivity contribution in [1.29, 1.82) is 0 Å². The van der Waals surface area contributed by atoms with Crippen molar-refractivity contribution in [2.24, 2.45) is 0 Å². The van der Waals surface area contributed by atoms with Crippen LogP contribution in [0.25, 0.3) is 0 Å². The molecule has 24 heavy (non-hydrogen) atoms. The van der Waals surface area contributed by atoms with Gasteiger partial charge in [0, 0.05) is 11.6 Å². The lowest BCUT2D eigenvalue weighted by Crippen LogP contribution is -2.44. The quantitative estimate of drug-likeness (QED) is 0.569. The van der Waals surface area contributed by atoms with Crippen molar-refractivity contribution in [2.45, 2.75) is 26.8 Å². The molecule has 0 radical (unpaired) electrons. The number of Topliss-reactive ketones (excluding diaryl/α,β-unsaturated/α-hetero) is 1. The highest BCUT2D eigenvalue weighted by atomic mass is 16.6. The van der Waals surface area contributed by atoms with E-state index in [0.717, 1.165) is 0 Å². The van der Waals surface area contributed by atoms with Crippen molar-refractivity contribution in [3.8, 4) is 5.75 Å². The first-order valence-electron chi connectivity index (χ1n) is 7.27. The Labute approximate surface area is 139 Å². The van der Waals surface area contributed by atoms with E-state index in [0.29, 0.717) is 11.3 Å². The summed E-state index contributed by atoms with van der Waals surface area (Å²) in [5, 5.41) is 4.47. The molecule has 8 nitrogen and oxygen atoms in total. The Balaban J connectivity index is 2.34. The van der Waals surface area contributed by atoms with Crippen LogP contribution in [0.15, 0.2) is 24.3 Å². The first-order valence-corrected chi connectivity index (χ1v) is 7.27. The number of esters is 1. The summed E-state index contributed by atoms with van der Waals surface area (Å²) in [6.07, 6.45) is 0. The number of nitrogens with one attached hydrogen (secondary N) is 2. The first kappa shape index (κ1) is 19.1. The summed E-state index contributed by atoms with van der Waals surface area (Å²) in [5.74, 6) is -1.32. The summed E-state index contributed by atoms with van der Waals surface area (Å²) >= 11 is 0. The second kappa shape index (κ2) is 9.29. The number of hydrogen-bond donors (Lipinski definition) is 2. The van der Waals surface area contributed by atoms with Gasteiger partial charge < -0.3 is 14.8 Å². The van der Waals surface area contributed by atoms with Gasteiger partial charge in [0.05, 0.1) is 0 Å². The molecule has 0 aliphatic heterocycles. The molecule has 0 bridgehead atoms. The molecule has 0 aliphatic rings. The fourth-order valence-electron chi connectivity index (χ4n) is 1.60. The summed E-state index contributed by atoms with van der Waals surface area (Å²) in [5.41, 5.74) is 0.455. The summed E-state index contributed by atoms with van der Waals surface area (Å²) in [6, 6.07) is 5.54. The molecule has 0 spiro atoms. The average molecular weight is 336 g/mol. The molecule has 0 fully saturated rings. The van der Waals surface area contributed by atoms with E-state index in [1.54, 1.807) is 32.0 Å². The predicted octanol–water partition coefficient (Wildman–Crippen LogP) is 1.05. The molecule has 1 aromatic rings. The monoisotopic (exact) mass is 336 g/mol. The molecule has 1 aromatic carbocycles. The van der Waals surface area contributed by atoms with Gasteiger partial charge in [0.25, 0.3) is 5.91 Å². The van der Waals surface area contributed by atoms with Gasteiger partial charge in [0.15, 0.2) is 19.0 Å². The average Bonchev–Trinajstić information content (AvgIpc) is 2.50. The standard InChI is InChI=1S/C16H20N2O6/c1-10(2)17-16(22)18-14(20)8-24-15(21)9-23-13-6-4-5-12(7-13)11(3)19/h4-7,10H,8-9H2,1-3H3,(H2,17,18,20,22). The largest absolute Gasteiger partial charge is 0.482 e.